The van der Waals surface area contributed by atoms with E-state index < -0.39 is 0 Å². The lowest BCUT2D eigenvalue weighted by Crippen LogP contribution is -2.24. The molecule has 0 unspecified atom stereocenters. The molecule has 2 aromatic rings. The van der Waals surface area contributed by atoms with Crippen LogP contribution < -0.4 is 5.56 Å². The van der Waals surface area contributed by atoms with E-state index in [1.165, 1.54) is 0 Å². The molecule has 0 spiro atoms. The first-order valence-corrected chi connectivity index (χ1v) is 6.27. The quantitative estimate of drug-likeness (QED) is 0.823. The lowest BCUT2D eigenvalue weighted by atomic mass is 9.98. The predicted molar refractivity (Wildman–Crippen MR) is 76.0 cm³/mol. The molecule has 0 atom stereocenters. The van der Waals surface area contributed by atoms with Crippen LogP contribution in [0.5, 0.6) is 0 Å². The highest BCUT2D eigenvalue weighted by atomic mass is 16.1. The number of benzene rings is 1. The molecule has 96 valence electrons. The summed E-state index contributed by atoms with van der Waals surface area (Å²) in [5.74, 6) is 0. The minimum Gasteiger partial charge on any atom is -0.312 e. The Bertz CT molecular complexity index is 705. The van der Waals surface area contributed by atoms with Crippen molar-refractivity contribution in [3.8, 4) is 17.2 Å². The van der Waals surface area contributed by atoms with Gasteiger partial charge in [-0.2, -0.15) is 5.26 Å². The van der Waals surface area contributed by atoms with E-state index in [-0.39, 0.29) is 17.2 Å². The van der Waals surface area contributed by atoms with Crippen LogP contribution in [-0.4, -0.2) is 4.57 Å². The van der Waals surface area contributed by atoms with Crippen molar-refractivity contribution >= 4 is 0 Å². The van der Waals surface area contributed by atoms with Gasteiger partial charge in [-0.15, -0.1) is 0 Å². The summed E-state index contributed by atoms with van der Waals surface area (Å²) >= 11 is 0. The molecule has 3 heteroatoms. The number of pyridine rings is 1. The van der Waals surface area contributed by atoms with Crippen molar-refractivity contribution in [3.63, 3.8) is 0 Å². The van der Waals surface area contributed by atoms with Crippen molar-refractivity contribution in [3.05, 3.63) is 58.0 Å². The summed E-state index contributed by atoms with van der Waals surface area (Å²) in [6.07, 6.45) is 1.76. The Morgan fingerprint density at radius 3 is 2.42 bits per heavy atom. The zero-order valence-electron chi connectivity index (χ0n) is 11.3. The predicted octanol–water partition coefficient (Wildman–Crippen LogP) is 3.28. The average molecular weight is 252 g/mol. The Labute approximate surface area is 112 Å². The van der Waals surface area contributed by atoms with Crippen molar-refractivity contribution in [2.75, 3.05) is 0 Å². The van der Waals surface area contributed by atoms with E-state index in [0.717, 1.165) is 11.1 Å². The molecular weight excluding hydrogens is 236 g/mol. The molecule has 0 amide bonds. The van der Waals surface area contributed by atoms with Crippen LogP contribution in [0.2, 0.25) is 0 Å². The van der Waals surface area contributed by atoms with Crippen LogP contribution in [0.1, 0.15) is 31.0 Å². The molecule has 0 fully saturated rings. The van der Waals surface area contributed by atoms with Crippen molar-refractivity contribution < 1.29 is 0 Å². The summed E-state index contributed by atoms with van der Waals surface area (Å²) in [7, 11) is 0. The van der Waals surface area contributed by atoms with Crippen LogP contribution in [0.3, 0.4) is 0 Å². The SMILES string of the molecule is Cc1ccccc1-c1ccn(C(C)C)c(=O)c1C#N. The zero-order valence-corrected chi connectivity index (χ0v) is 11.3. The topological polar surface area (TPSA) is 45.8 Å². The average Bonchev–Trinajstić information content (AvgIpc) is 2.38. The summed E-state index contributed by atoms with van der Waals surface area (Å²) in [5, 5.41) is 9.29. The fraction of sp³-hybridized carbons (Fsp3) is 0.250. The Kier molecular flexibility index (Phi) is 3.52. The second kappa shape index (κ2) is 5.11. The van der Waals surface area contributed by atoms with E-state index >= 15 is 0 Å². The smallest absolute Gasteiger partial charge is 0.269 e. The summed E-state index contributed by atoms with van der Waals surface area (Å²) in [5.41, 5.74) is 2.69. The second-order valence-corrected chi connectivity index (χ2v) is 4.84. The van der Waals surface area contributed by atoms with Crippen molar-refractivity contribution in [1.82, 2.24) is 4.57 Å². The molecule has 19 heavy (non-hydrogen) atoms. The highest BCUT2D eigenvalue weighted by molar-refractivity contribution is 5.72. The third-order valence-corrected chi connectivity index (χ3v) is 3.22. The number of rotatable bonds is 2. The Morgan fingerprint density at radius 2 is 1.84 bits per heavy atom. The largest absolute Gasteiger partial charge is 0.312 e. The molecule has 0 aliphatic heterocycles. The lowest BCUT2D eigenvalue weighted by Gasteiger charge is -2.13. The summed E-state index contributed by atoms with van der Waals surface area (Å²) < 4.78 is 1.58. The maximum absolute atomic E-state index is 12.3. The number of nitriles is 1. The monoisotopic (exact) mass is 252 g/mol. The molecule has 1 aromatic carbocycles. The fourth-order valence-electron chi connectivity index (χ4n) is 2.16. The van der Waals surface area contributed by atoms with Crippen LogP contribution in [0.25, 0.3) is 11.1 Å². The second-order valence-electron chi connectivity index (χ2n) is 4.84. The van der Waals surface area contributed by atoms with Gasteiger partial charge in [0, 0.05) is 17.8 Å². The third kappa shape index (κ3) is 2.30. The number of hydrogen-bond donors (Lipinski definition) is 0. The molecule has 0 saturated carbocycles. The van der Waals surface area contributed by atoms with Crippen LogP contribution in [0.15, 0.2) is 41.3 Å². The van der Waals surface area contributed by atoms with Gasteiger partial charge in [-0.1, -0.05) is 24.3 Å². The Morgan fingerprint density at radius 1 is 1.16 bits per heavy atom. The van der Waals surface area contributed by atoms with Gasteiger partial charge in [-0.25, -0.2) is 0 Å². The first-order valence-electron chi connectivity index (χ1n) is 6.27. The Hall–Kier alpha value is -2.34. The van der Waals surface area contributed by atoms with Gasteiger partial charge in [0.05, 0.1) is 0 Å². The van der Waals surface area contributed by atoms with Gasteiger partial charge in [0.2, 0.25) is 0 Å². The minimum atomic E-state index is -0.224. The molecule has 0 radical (unpaired) electrons. The molecule has 0 bridgehead atoms. The summed E-state index contributed by atoms with van der Waals surface area (Å²) in [4.78, 5) is 12.3. The van der Waals surface area contributed by atoms with E-state index in [1.54, 1.807) is 10.8 Å². The Balaban J connectivity index is 2.75. The highest BCUT2D eigenvalue weighted by Crippen LogP contribution is 2.24. The fourth-order valence-corrected chi connectivity index (χ4v) is 2.16. The molecule has 0 aliphatic carbocycles. The summed E-state index contributed by atoms with van der Waals surface area (Å²) in [6, 6.07) is 11.7. The van der Waals surface area contributed by atoms with E-state index in [2.05, 4.69) is 6.07 Å². The van der Waals surface area contributed by atoms with Crippen molar-refractivity contribution in [1.29, 1.82) is 5.26 Å². The van der Waals surface area contributed by atoms with Gasteiger partial charge in [-0.05, 0) is 38.0 Å². The van der Waals surface area contributed by atoms with Crippen molar-refractivity contribution in [2.45, 2.75) is 26.8 Å². The molecule has 0 N–H and O–H groups in total. The van der Waals surface area contributed by atoms with Gasteiger partial charge in [0.25, 0.3) is 5.56 Å². The first kappa shape index (κ1) is 13.1. The maximum atomic E-state index is 12.3. The molecule has 0 aliphatic rings. The summed E-state index contributed by atoms with van der Waals surface area (Å²) in [6.45, 7) is 5.83. The van der Waals surface area contributed by atoms with Gasteiger partial charge >= 0.3 is 0 Å². The molecule has 2 rings (SSSR count). The zero-order chi connectivity index (χ0) is 14.0. The number of hydrogen-bond acceptors (Lipinski definition) is 2. The van der Waals surface area contributed by atoms with E-state index in [1.807, 2.05) is 51.1 Å². The number of aromatic nitrogens is 1. The van der Waals surface area contributed by atoms with E-state index in [9.17, 15) is 10.1 Å². The van der Waals surface area contributed by atoms with Crippen LogP contribution in [0.4, 0.5) is 0 Å². The number of nitrogens with zero attached hydrogens (tertiary/aromatic N) is 2. The lowest BCUT2D eigenvalue weighted by molar-refractivity contribution is 0.577. The van der Waals surface area contributed by atoms with Gasteiger partial charge in [-0.3, -0.25) is 4.79 Å². The van der Waals surface area contributed by atoms with Gasteiger partial charge < -0.3 is 4.57 Å². The third-order valence-electron chi connectivity index (χ3n) is 3.22. The molecular formula is C16H16N2O. The van der Waals surface area contributed by atoms with E-state index in [4.69, 9.17) is 0 Å². The first-order chi connectivity index (χ1) is 9.06. The maximum Gasteiger partial charge on any atom is 0.269 e. The normalized spacial score (nSPS) is 10.5. The van der Waals surface area contributed by atoms with Gasteiger partial charge in [0.1, 0.15) is 11.6 Å². The van der Waals surface area contributed by atoms with Crippen LogP contribution in [0, 0.1) is 18.3 Å². The highest BCUT2D eigenvalue weighted by Gasteiger charge is 2.13. The molecule has 1 heterocycles. The molecule has 3 nitrogen and oxygen atoms in total. The minimum absolute atomic E-state index is 0.0468. The number of aryl methyl sites for hydroxylation is 1. The molecule has 0 saturated heterocycles. The molecule has 1 aromatic heterocycles. The van der Waals surface area contributed by atoms with Crippen molar-refractivity contribution in [2.24, 2.45) is 0 Å². The van der Waals surface area contributed by atoms with Crippen LogP contribution >= 0.6 is 0 Å². The van der Waals surface area contributed by atoms with E-state index in [0.29, 0.717) is 5.56 Å². The standard InChI is InChI=1S/C16H16N2O/c1-11(2)18-9-8-14(15(10-17)16(18)19)13-7-5-4-6-12(13)3/h4-9,11H,1-3H3. The van der Waals surface area contributed by atoms with Gasteiger partial charge in [0.15, 0.2) is 0 Å². The van der Waals surface area contributed by atoms with Crippen LogP contribution in [-0.2, 0) is 0 Å².